The molecule has 1 heterocycles. The monoisotopic (exact) mass is 231 g/mol. The van der Waals surface area contributed by atoms with Crippen LogP contribution in [0.15, 0.2) is 30.3 Å². The summed E-state index contributed by atoms with van der Waals surface area (Å²) in [5.74, 6) is 1.06. The fourth-order valence-corrected chi connectivity index (χ4v) is 2.52. The maximum atomic E-state index is 11.9. The van der Waals surface area contributed by atoms with Crippen LogP contribution in [0, 0.1) is 5.92 Å². The van der Waals surface area contributed by atoms with Crippen LogP contribution in [0.25, 0.3) is 0 Å². The Hall–Kier alpha value is -1.15. The molecule has 2 heteroatoms. The summed E-state index contributed by atoms with van der Waals surface area (Å²) in [7, 11) is 0. The Labute approximate surface area is 104 Å². The molecule has 0 aliphatic carbocycles. The minimum atomic E-state index is 0.267. The molecule has 0 amide bonds. The molecule has 0 saturated carbocycles. The Morgan fingerprint density at radius 3 is 2.82 bits per heavy atom. The molecule has 1 aliphatic heterocycles. The molecular formula is C15H21NO. The van der Waals surface area contributed by atoms with E-state index in [1.54, 1.807) is 0 Å². The largest absolute Gasteiger partial charge is 0.303 e. The van der Waals surface area contributed by atoms with E-state index in [1.807, 2.05) is 30.3 Å². The quantitative estimate of drug-likeness (QED) is 0.742. The van der Waals surface area contributed by atoms with Crippen molar-refractivity contribution < 1.29 is 4.79 Å². The molecule has 17 heavy (non-hydrogen) atoms. The summed E-state index contributed by atoms with van der Waals surface area (Å²) in [6.07, 6.45) is 3.26. The van der Waals surface area contributed by atoms with E-state index in [9.17, 15) is 4.79 Å². The number of hydrogen-bond acceptors (Lipinski definition) is 2. The smallest absolute Gasteiger partial charge is 0.164 e. The normalized spacial score (nSPS) is 21.4. The summed E-state index contributed by atoms with van der Waals surface area (Å²) in [6.45, 7) is 5.53. The third kappa shape index (κ3) is 3.67. The Morgan fingerprint density at radius 2 is 2.12 bits per heavy atom. The zero-order valence-electron chi connectivity index (χ0n) is 10.6. The third-order valence-corrected chi connectivity index (χ3v) is 3.49. The van der Waals surface area contributed by atoms with E-state index in [0.717, 1.165) is 31.1 Å². The van der Waals surface area contributed by atoms with Crippen molar-refractivity contribution in [3.63, 3.8) is 0 Å². The zero-order valence-corrected chi connectivity index (χ0v) is 10.6. The molecule has 1 saturated heterocycles. The van der Waals surface area contributed by atoms with Crippen LogP contribution in [-0.4, -0.2) is 30.3 Å². The van der Waals surface area contributed by atoms with Crippen molar-refractivity contribution in [3.05, 3.63) is 35.9 Å². The van der Waals surface area contributed by atoms with E-state index in [0.29, 0.717) is 6.42 Å². The lowest BCUT2D eigenvalue weighted by Gasteiger charge is -2.30. The van der Waals surface area contributed by atoms with Gasteiger partial charge in [0.05, 0.1) is 0 Å². The van der Waals surface area contributed by atoms with Gasteiger partial charge in [-0.15, -0.1) is 0 Å². The SMILES string of the molecule is C[C@@H]1CCCN(CCC(=O)c2ccccc2)C1. The summed E-state index contributed by atoms with van der Waals surface area (Å²) in [4.78, 5) is 14.4. The van der Waals surface area contributed by atoms with Gasteiger partial charge in [-0.05, 0) is 25.3 Å². The van der Waals surface area contributed by atoms with Gasteiger partial charge in [-0.2, -0.15) is 0 Å². The van der Waals surface area contributed by atoms with E-state index >= 15 is 0 Å². The first-order chi connectivity index (χ1) is 8.25. The summed E-state index contributed by atoms with van der Waals surface area (Å²) in [5.41, 5.74) is 0.845. The number of Topliss-reactive ketones (excluding diaryl/α,β-unsaturated/α-hetero) is 1. The first kappa shape index (κ1) is 12.3. The highest BCUT2D eigenvalue weighted by Gasteiger charge is 2.16. The Balaban J connectivity index is 1.80. The van der Waals surface area contributed by atoms with Gasteiger partial charge < -0.3 is 4.90 Å². The minimum Gasteiger partial charge on any atom is -0.303 e. The number of carbonyl (C=O) groups excluding carboxylic acids is 1. The highest BCUT2D eigenvalue weighted by Crippen LogP contribution is 2.16. The van der Waals surface area contributed by atoms with Crippen LogP contribution in [0.2, 0.25) is 0 Å². The van der Waals surface area contributed by atoms with Crippen LogP contribution < -0.4 is 0 Å². The van der Waals surface area contributed by atoms with E-state index in [-0.39, 0.29) is 5.78 Å². The van der Waals surface area contributed by atoms with Gasteiger partial charge in [0.15, 0.2) is 5.78 Å². The fraction of sp³-hybridized carbons (Fsp3) is 0.533. The van der Waals surface area contributed by atoms with Crippen LogP contribution >= 0.6 is 0 Å². The highest BCUT2D eigenvalue weighted by atomic mass is 16.1. The molecule has 2 rings (SSSR count). The standard InChI is InChI=1S/C15H21NO/c1-13-6-5-10-16(12-13)11-9-15(17)14-7-3-2-4-8-14/h2-4,7-8,13H,5-6,9-12H2,1H3/t13-/m1/s1. The van der Waals surface area contributed by atoms with Gasteiger partial charge >= 0.3 is 0 Å². The number of benzene rings is 1. The number of hydrogen-bond donors (Lipinski definition) is 0. The molecule has 0 aromatic heterocycles. The van der Waals surface area contributed by atoms with Crippen LogP contribution in [0.1, 0.15) is 36.5 Å². The molecule has 1 fully saturated rings. The summed E-state index contributed by atoms with van der Waals surface area (Å²) < 4.78 is 0. The lowest BCUT2D eigenvalue weighted by molar-refractivity contribution is 0.0949. The Bertz CT molecular complexity index is 360. The molecule has 0 unspecified atom stereocenters. The number of nitrogens with zero attached hydrogens (tertiary/aromatic N) is 1. The molecule has 0 spiro atoms. The molecular weight excluding hydrogens is 210 g/mol. The zero-order chi connectivity index (χ0) is 12.1. The van der Waals surface area contributed by atoms with E-state index in [1.165, 1.54) is 12.8 Å². The van der Waals surface area contributed by atoms with Crippen molar-refractivity contribution >= 4 is 5.78 Å². The lowest BCUT2D eigenvalue weighted by atomic mass is 9.99. The maximum Gasteiger partial charge on any atom is 0.164 e. The second-order valence-corrected chi connectivity index (χ2v) is 5.09. The van der Waals surface area contributed by atoms with Crippen molar-refractivity contribution in [2.24, 2.45) is 5.92 Å². The van der Waals surface area contributed by atoms with Gasteiger partial charge in [0, 0.05) is 25.1 Å². The second kappa shape index (κ2) is 5.97. The number of carbonyl (C=O) groups is 1. The van der Waals surface area contributed by atoms with Gasteiger partial charge in [0.1, 0.15) is 0 Å². The Morgan fingerprint density at radius 1 is 1.35 bits per heavy atom. The van der Waals surface area contributed by atoms with Crippen LogP contribution in [0.4, 0.5) is 0 Å². The van der Waals surface area contributed by atoms with Crippen LogP contribution in [0.3, 0.4) is 0 Å². The van der Waals surface area contributed by atoms with E-state index in [4.69, 9.17) is 0 Å². The number of rotatable bonds is 4. The average Bonchev–Trinajstić information content (AvgIpc) is 2.37. The van der Waals surface area contributed by atoms with E-state index in [2.05, 4.69) is 11.8 Å². The molecule has 1 aliphatic rings. The van der Waals surface area contributed by atoms with Gasteiger partial charge in [0.2, 0.25) is 0 Å². The van der Waals surface area contributed by atoms with Gasteiger partial charge in [-0.25, -0.2) is 0 Å². The lowest BCUT2D eigenvalue weighted by Crippen LogP contribution is -2.35. The first-order valence-electron chi connectivity index (χ1n) is 6.56. The fourth-order valence-electron chi connectivity index (χ4n) is 2.52. The molecule has 0 radical (unpaired) electrons. The van der Waals surface area contributed by atoms with Crippen molar-refractivity contribution in [1.82, 2.24) is 4.90 Å². The first-order valence-corrected chi connectivity index (χ1v) is 6.56. The molecule has 0 N–H and O–H groups in total. The third-order valence-electron chi connectivity index (χ3n) is 3.49. The number of piperidine rings is 1. The molecule has 1 aromatic rings. The second-order valence-electron chi connectivity index (χ2n) is 5.09. The Kier molecular flexibility index (Phi) is 4.32. The summed E-state index contributed by atoms with van der Waals surface area (Å²) in [6, 6.07) is 9.61. The minimum absolute atomic E-state index is 0.267. The van der Waals surface area contributed by atoms with Gasteiger partial charge in [-0.1, -0.05) is 37.3 Å². The van der Waals surface area contributed by atoms with Gasteiger partial charge in [0.25, 0.3) is 0 Å². The van der Waals surface area contributed by atoms with Gasteiger partial charge in [-0.3, -0.25) is 4.79 Å². The topological polar surface area (TPSA) is 20.3 Å². The molecule has 1 atom stereocenters. The summed E-state index contributed by atoms with van der Waals surface area (Å²) in [5, 5.41) is 0. The van der Waals surface area contributed by atoms with Crippen molar-refractivity contribution in [2.45, 2.75) is 26.2 Å². The molecule has 1 aromatic carbocycles. The summed E-state index contributed by atoms with van der Waals surface area (Å²) >= 11 is 0. The van der Waals surface area contributed by atoms with Crippen molar-refractivity contribution in [2.75, 3.05) is 19.6 Å². The maximum absolute atomic E-state index is 11.9. The molecule has 0 bridgehead atoms. The van der Waals surface area contributed by atoms with Crippen LogP contribution in [-0.2, 0) is 0 Å². The number of likely N-dealkylation sites (tertiary alicyclic amines) is 1. The molecule has 2 nitrogen and oxygen atoms in total. The average molecular weight is 231 g/mol. The molecule has 92 valence electrons. The number of ketones is 1. The predicted molar refractivity (Wildman–Crippen MR) is 70.2 cm³/mol. The predicted octanol–water partition coefficient (Wildman–Crippen LogP) is 2.99. The van der Waals surface area contributed by atoms with E-state index < -0.39 is 0 Å². The van der Waals surface area contributed by atoms with Crippen molar-refractivity contribution in [3.8, 4) is 0 Å². The van der Waals surface area contributed by atoms with Crippen molar-refractivity contribution in [1.29, 1.82) is 0 Å². The highest BCUT2D eigenvalue weighted by molar-refractivity contribution is 5.96. The van der Waals surface area contributed by atoms with Crippen LogP contribution in [0.5, 0.6) is 0 Å².